The molecule has 15 heteroatoms. The van der Waals surface area contributed by atoms with Crippen LogP contribution in [0.25, 0.3) is 0 Å². The van der Waals surface area contributed by atoms with Gasteiger partial charge in [-0.25, -0.2) is 9.59 Å². The monoisotopic (exact) mass is 726 g/mol. The van der Waals surface area contributed by atoms with Crippen molar-refractivity contribution in [2.45, 2.75) is 32.7 Å². The summed E-state index contributed by atoms with van der Waals surface area (Å²) in [7, 11) is 2.81. The molecular formula is C33H35BrN4O10. The molecule has 2 heterocycles. The summed E-state index contributed by atoms with van der Waals surface area (Å²) >= 11 is 3.54. The first kappa shape index (κ1) is 34.2. The van der Waals surface area contributed by atoms with Crippen molar-refractivity contribution >= 4 is 34.1 Å². The number of hydrogen-bond acceptors (Lipinski definition) is 12. The largest absolute Gasteiger partial charge is 0.493 e. The van der Waals surface area contributed by atoms with Crippen LogP contribution < -0.4 is 44.5 Å². The highest BCUT2D eigenvalue weighted by Gasteiger charge is 2.32. The van der Waals surface area contributed by atoms with Crippen LogP contribution in [0.1, 0.15) is 36.6 Å². The number of fused-ring (bicyclic) bond motifs is 1. The molecule has 14 nitrogen and oxygen atoms in total. The lowest BCUT2D eigenvalue weighted by atomic mass is 9.95. The molecule has 0 spiro atoms. The third-order valence-electron chi connectivity index (χ3n) is 7.21. The summed E-state index contributed by atoms with van der Waals surface area (Å²) in [4.78, 5) is 24.7. The molecule has 0 unspecified atom stereocenters. The van der Waals surface area contributed by atoms with Crippen LogP contribution in [0.5, 0.6) is 34.5 Å². The first-order valence-electron chi connectivity index (χ1n) is 14.8. The molecule has 3 aromatic rings. The number of hydrazone groups is 1. The summed E-state index contributed by atoms with van der Waals surface area (Å²) in [5.41, 5.74) is 5.42. The third kappa shape index (κ3) is 8.04. The van der Waals surface area contributed by atoms with Crippen molar-refractivity contribution in [1.29, 1.82) is 0 Å². The van der Waals surface area contributed by atoms with Crippen LogP contribution in [-0.2, 0) is 16.1 Å². The molecule has 3 aromatic carbocycles. The molecule has 0 bridgehead atoms. The highest BCUT2D eigenvalue weighted by atomic mass is 79.9. The molecule has 2 aliphatic rings. The number of urea groups is 1. The van der Waals surface area contributed by atoms with E-state index in [0.29, 0.717) is 62.4 Å². The van der Waals surface area contributed by atoms with Crippen LogP contribution in [0.15, 0.2) is 69.4 Å². The first-order chi connectivity index (χ1) is 23.2. The number of carbonyl (C=O) groups is 2. The van der Waals surface area contributed by atoms with Crippen LogP contribution in [-0.4, -0.2) is 63.8 Å². The number of amides is 2. The van der Waals surface area contributed by atoms with Crippen molar-refractivity contribution < 1.29 is 47.9 Å². The minimum absolute atomic E-state index is 0.176. The lowest BCUT2D eigenvalue weighted by molar-refractivity contribution is -0.136. The van der Waals surface area contributed by atoms with Gasteiger partial charge in [-0.2, -0.15) is 5.10 Å². The normalized spacial score (nSPS) is 15.8. The number of esters is 1. The Kier molecular flexibility index (Phi) is 11.1. The summed E-state index contributed by atoms with van der Waals surface area (Å²) in [6.07, 6.45) is 0.333. The summed E-state index contributed by atoms with van der Waals surface area (Å²) in [5, 5.41) is 20.0. The molecule has 254 valence electrons. The molecule has 0 aromatic heterocycles. The number of halogens is 1. The Bertz CT molecular complexity index is 1730. The van der Waals surface area contributed by atoms with E-state index in [-0.39, 0.29) is 25.6 Å². The third-order valence-corrected chi connectivity index (χ3v) is 7.90. The summed E-state index contributed by atoms with van der Waals surface area (Å²) in [5.74, 6) is 2.51. The topological polar surface area (TPSA) is 167 Å². The van der Waals surface area contributed by atoms with Gasteiger partial charge in [0.25, 0.3) is 0 Å². The number of aliphatic hydroxyl groups is 1. The van der Waals surface area contributed by atoms with Gasteiger partial charge in [0.2, 0.25) is 6.79 Å². The minimum Gasteiger partial charge on any atom is -0.493 e. The number of nitrogens with one attached hydrogen (secondary N) is 3. The van der Waals surface area contributed by atoms with Gasteiger partial charge in [0, 0.05) is 15.7 Å². The molecule has 0 radical (unpaired) electrons. The predicted octanol–water partition coefficient (Wildman–Crippen LogP) is 4.29. The van der Waals surface area contributed by atoms with Crippen molar-refractivity contribution in [3.8, 4) is 34.5 Å². The quantitative estimate of drug-likeness (QED) is 0.0810. The molecule has 0 saturated heterocycles. The maximum absolute atomic E-state index is 12.5. The second kappa shape index (κ2) is 15.6. The zero-order valence-corrected chi connectivity index (χ0v) is 28.2. The second-order valence-electron chi connectivity index (χ2n) is 10.4. The van der Waals surface area contributed by atoms with E-state index in [0.717, 1.165) is 5.56 Å². The van der Waals surface area contributed by atoms with Crippen molar-refractivity contribution in [2.75, 3.05) is 34.2 Å². The van der Waals surface area contributed by atoms with Gasteiger partial charge in [-0.3, -0.25) is 5.43 Å². The molecule has 2 amide bonds. The summed E-state index contributed by atoms with van der Waals surface area (Å²) in [6.45, 7) is 4.06. The Hall–Kier alpha value is -5.15. The average Bonchev–Trinajstić information content (AvgIpc) is 3.55. The van der Waals surface area contributed by atoms with Crippen LogP contribution in [0, 0.1) is 0 Å². The SMILES string of the molecule is CCOc1cc([C@@H]2NC(=O)NC(C)=C2C(=O)OC)ccc1OC[C@H](O)N/N=C\c1cc(OC)c(OCc2ccc3c(c2)OCO3)cc1Br. The number of hydrogen-bond donors (Lipinski definition) is 4. The van der Waals surface area contributed by atoms with E-state index >= 15 is 0 Å². The lowest BCUT2D eigenvalue weighted by Crippen LogP contribution is -2.45. The van der Waals surface area contributed by atoms with Gasteiger partial charge in [-0.1, -0.05) is 12.1 Å². The van der Waals surface area contributed by atoms with E-state index in [2.05, 4.69) is 37.1 Å². The van der Waals surface area contributed by atoms with Gasteiger partial charge >= 0.3 is 12.0 Å². The highest BCUT2D eigenvalue weighted by molar-refractivity contribution is 9.10. The second-order valence-corrected chi connectivity index (χ2v) is 11.3. The van der Waals surface area contributed by atoms with E-state index in [1.165, 1.54) is 20.4 Å². The Morgan fingerprint density at radius 1 is 1.06 bits per heavy atom. The Morgan fingerprint density at radius 2 is 1.85 bits per heavy atom. The van der Waals surface area contributed by atoms with E-state index in [1.807, 2.05) is 25.1 Å². The first-order valence-corrected chi connectivity index (χ1v) is 15.6. The van der Waals surface area contributed by atoms with Crippen LogP contribution in [0.2, 0.25) is 0 Å². The average molecular weight is 728 g/mol. The summed E-state index contributed by atoms with van der Waals surface area (Å²) in [6, 6.07) is 12.9. The van der Waals surface area contributed by atoms with Gasteiger partial charge in [0.15, 0.2) is 40.7 Å². The summed E-state index contributed by atoms with van der Waals surface area (Å²) < 4.78 is 39.5. The van der Waals surface area contributed by atoms with E-state index in [9.17, 15) is 14.7 Å². The predicted molar refractivity (Wildman–Crippen MR) is 177 cm³/mol. The van der Waals surface area contributed by atoms with Crippen LogP contribution >= 0.6 is 15.9 Å². The molecule has 0 saturated carbocycles. The molecule has 0 aliphatic carbocycles. The van der Waals surface area contributed by atoms with Crippen molar-refractivity contribution in [3.63, 3.8) is 0 Å². The highest BCUT2D eigenvalue weighted by Crippen LogP contribution is 2.37. The van der Waals surface area contributed by atoms with Gasteiger partial charge < -0.3 is 48.9 Å². The van der Waals surface area contributed by atoms with Crippen molar-refractivity contribution in [2.24, 2.45) is 5.10 Å². The minimum atomic E-state index is -1.18. The number of carbonyl (C=O) groups excluding carboxylic acids is 2. The number of aliphatic hydroxyl groups excluding tert-OH is 1. The number of ether oxygens (including phenoxy) is 7. The molecular weight excluding hydrogens is 692 g/mol. The Labute approximate surface area is 285 Å². The number of nitrogens with zero attached hydrogens (tertiary/aromatic N) is 1. The zero-order valence-electron chi connectivity index (χ0n) is 26.6. The number of benzene rings is 3. The smallest absolute Gasteiger partial charge is 0.337 e. The van der Waals surface area contributed by atoms with Crippen molar-refractivity contribution in [3.05, 3.63) is 81.0 Å². The van der Waals surface area contributed by atoms with Gasteiger partial charge in [0.1, 0.15) is 13.2 Å². The lowest BCUT2D eigenvalue weighted by Gasteiger charge is -2.28. The fourth-order valence-corrected chi connectivity index (χ4v) is 5.35. The molecule has 5 rings (SSSR count). The molecule has 2 aliphatic heterocycles. The fourth-order valence-electron chi connectivity index (χ4n) is 4.93. The maximum Gasteiger partial charge on any atom is 0.337 e. The molecule has 0 fully saturated rings. The van der Waals surface area contributed by atoms with E-state index in [1.54, 1.807) is 37.3 Å². The molecule has 48 heavy (non-hydrogen) atoms. The molecule has 4 N–H and O–H groups in total. The number of rotatable bonds is 14. The van der Waals surface area contributed by atoms with Gasteiger partial charge in [-0.05, 0) is 77.3 Å². The zero-order chi connectivity index (χ0) is 34.2. The van der Waals surface area contributed by atoms with Crippen molar-refractivity contribution in [1.82, 2.24) is 16.1 Å². The number of allylic oxidation sites excluding steroid dienone is 1. The fraction of sp³-hybridized carbons (Fsp3) is 0.303. The standard InChI is InChI=1S/C33H35BrN4O10/c1-5-44-27-11-20(31-30(32(40)43-4)18(2)36-33(41)37-31)7-9-23(27)46-16-29(39)38-35-14-21-12-25(42-3)28(13-22(21)34)45-15-19-6-8-24-26(10-19)48-17-47-24/h6-14,29,31,38-39H,5,15-17H2,1-4H3,(H2,36,37,41)/b35-14-/t29-,31-/m0/s1. The van der Waals surface area contributed by atoms with E-state index in [4.69, 9.17) is 33.2 Å². The number of methoxy groups -OCH3 is 2. The van der Waals surface area contributed by atoms with Crippen LogP contribution in [0.3, 0.4) is 0 Å². The molecule has 2 atom stereocenters. The maximum atomic E-state index is 12.5. The van der Waals surface area contributed by atoms with Gasteiger partial charge in [0.05, 0.1) is 38.7 Å². The van der Waals surface area contributed by atoms with Crippen LogP contribution in [0.4, 0.5) is 4.79 Å². The van der Waals surface area contributed by atoms with Gasteiger partial charge in [-0.15, -0.1) is 0 Å². The van der Waals surface area contributed by atoms with E-state index < -0.39 is 24.3 Å². The Morgan fingerprint density at radius 3 is 2.62 bits per heavy atom. The Balaban J connectivity index is 1.20.